The number of nitrogens with zero attached hydrogens (tertiary/aromatic N) is 2. The molecule has 0 aromatic heterocycles. The molecule has 0 amide bonds. The van der Waals surface area contributed by atoms with Crippen LogP contribution in [0.25, 0.3) is 0 Å². The molecule has 0 aliphatic heterocycles. The topological polar surface area (TPSA) is 88.6 Å². The van der Waals surface area contributed by atoms with Crippen molar-refractivity contribution in [2.45, 2.75) is 12.2 Å². The van der Waals surface area contributed by atoms with Gasteiger partial charge in [-0.15, -0.1) is 0 Å². The number of hydrogen-bond donors (Lipinski definition) is 6. The van der Waals surface area contributed by atoms with Gasteiger partial charge in [0.15, 0.2) is 0 Å². The Bertz CT molecular complexity index is 299. The molecule has 0 heterocycles. The summed E-state index contributed by atoms with van der Waals surface area (Å²) in [6, 6.07) is 0. The number of hydrogen-bond acceptors (Lipinski definition) is 6. The summed E-state index contributed by atoms with van der Waals surface area (Å²) in [6.45, 7) is 8.15. The van der Waals surface area contributed by atoms with E-state index in [9.17, 15) is 10.2 Å². The molecule has 0 rings (SSSR count). The molecule has 0 aromatic carbocycles. The predicted molar refractivity (Wildman–Crippen MR) is 109 cm³/mol. The molecule has 0 aliphatic carbocycles. The monoisotopic (exact) mass is 378 g/mol. The summed E-state index contributed by atoms with van der Waals surface area (Å²) in [5, 5.41) is 33.1. The molecule has 6 N–H and O–H groups in total. The van der Waals surface area contributed by atoms with Gasteiger partial charge < -0.3 is 40.4 Å². The molecule has 26 heavy (non-hydrogen) atoms. The van der Waals surface area contributed by atoms with E-state index in [2.05, 4.69) is 63.6 Å². The molecule has 8 heteroatoms. The van der Waals surface area contributed by atoms with Crippen LogP contribution in [0.2, 0.25) is 0 Å². The van der Waals surface area contributed by atoms with E-state index in [1.54, 1.807) is 0 Å². The second-order valence-electron chi connectivity index (χ2n) is 9.16. The van der Waals surface area contributed by atoms with Gasteiger partial charge in [0.2, 0.25) is 0 Å². The lowest BCUT2D eigenvalue weighted by molar-refractivity contribution is -0.873. The molecule has 158 valence electrons. The smallest absolute Gasteiger partial charge is 0.115 e. The molecular weight excluding hydrogens is 332 g/mol. The summed E-state index contributed by atoms with van der Waals surface area (Å²) >= 11 is 0. The van der Waals surface area contributed by atoms with Crippen molar-refractivity contribution >= 4 is 0 Å². The Morgan fingerprint density at radius 3 is 1.08 bits per heavy atom. The summed E-state index contributed by atoms with van der Waals surface area (Å²) < 4.78 is 1.55. The van der Waals surface area contributed by atoms with Crippen LogP contribution < -0.4 is 21.3 Å². The van der Waals surface area contributed by atoms with Crippen molar-refractivity contribution in [1.29, 1.82) is 0 Å². The third kappa shape index (κ3) is 20.0. The first-order chi connectivity index (χ1) is 12.0. The third-order valence-corrected chi connectivity index (χ3v) is 3.71. The standard InChI is InChI=1S/C18H46N6O2/c1-23(2,3)15-17(25)13-21-11-9-19-7-8-20-10-12-22-14-18(26)16-24(4,5)6/h17-22,25-26H,7-16H2,1-6H3/q+2. The van der Waals surface area contributed by atoms with Gasteiger partial charge in [-0.2, -0.15) is 0 Å². The second kappa shape index (κ2) is 13.8. The molecule has 2 atom stereocenters. The van der Waals surface area contributed by atoms with Gasteiger partial charge in [0.1, 0.15) is 25.3 Å². The van der Waals surface area contributed by atoms with Crippen LogP contribution in [0.1, 0.15) is 0 Å². The Kier molecular flexibility index (Phi) is 13.6. The van der Waals surface area contributed by atoms with Gasteiger partial charge in [0.05, 0.1) is 42.3 Å². The average molecular weight is 379 g/mol. The summed E-state index contributed by atoms with van der Waals surface area (Å²) in [4.78, 5) is 0. The maximum Gasteiger partial charge on any atom is 0.115 e. The zero-order chi connectivity index (χ0) is 20.1. The Morgan fingerprint density at radius 2 is 0.808 bits per heavy atom. The van der Waals surface area contributed by atoms with Crippen molar-refractivity contribution in [2.75, 3.05) is 108 Å². The first-order valence-corrected chi connectivity index (χ1v) is 9.79. The highest BCUT2D eigenvalue weighted by molar-refractivity contribution is 4.62. The Labute approximate surface area is 161 Å². The minimum atomic E-state index is -0.301. The van der Waals surface area contributed by atoms with Gasteiger partial charge in [-0.05, 0) is 0 Å². The van der Waals surface area contributed by atoms with Crippen LogP contribution in [0.4, 0.5) is 0 Å². The lowest BCUT2D eigenvalue weighted by atomic mass is 10.3. The highest BCUT2D eigenvalue weighted by Crippen LogP contribution is 1.94. The average Bonchev–Trinajstić information content (AvgIpc) is 2.44. The van der Waals surface area contributed by atoms with Crippen molar-refractivity contribution in [3.8, 4) is 0 Å². The van der Waals surface area contributed by atoms with Crippen molar-refractivity contribution in [2.24, 2.45) is 0 Å². The fourth-order valence-electron chi connectivity index (χ4n) is 2.71. The lowest BCUT2D eigenvalue weighted by Crippen LogP contribution is -2.46. The molecule has 0 saturated heterocycles. The van der Waals surface area contributed by atoms with Crippen molar-refractivity contribution in [3.05, 3.63) is 0 Å². The number of quaternary nitrogens is 2. The van der Waals surface area contributed by atoms with Gasteiger partial charge in [-0.1, -0.05) is 0 Å². The highest BCUT2D eigenvalue weighted by atomic mass is 16.3. The first-order valence-electron chi connectivity index (χ1n) is 9.79. The van der Waals surface area contributed by atoms with Crippen molar-refractivity contribution in [1.82, 2.24) is 21.3 Å². The van der Waals surface area contributed by atoms with Crippen LogP contribution in [-0.4, -0.2) is 139 Å². The minimum absolute atomic E-state index is 0.301. The van der Waals surface area contributed by atoms with Crippen LogP contribution in [0, 0.1) is 0 Å². The van der Waals surface area contributed by atoms with E-state index in [0.29, 0.717) is 13.1 Å². The van der Waals surface area contributed by atoms with Crippen molar-refractivity contribution < 1.29 is 19.2 Å². The summed E-state index contributed by atoms with van der Waals surface area (Å²) in [5.41, 5.74) is 0. The molecule has 0 bridgehead atoms. The Morgan fingerprint density at radius 1 is 0.538 bits per heavy atom. The molecule has 0 aromatic rings. The van der Waals surface area contributed by atoms with Gasteiger partial charge in [-0.3, -0.25) is 0 Å². The molecule has 0 aliphatic rings. The van der Waals surface area contributed by atoms with Crippen molar-refractivity contribution in [3.63, 3.8) is 0 Å². The van der Waals surface area contributed by atoms with E-state index in [-0.39, 0.29) is 12.2 Å². The van der Waals surface area contributed by atoms with Crippen LogP contribution >= 0.6 is 0 Å². The zero-order valence-electron chi connectivity index (χ0n) is 18.0. The summed E-state index contributed by atoms with van der Waals surface area (Å²) in [7, 11) is 12.5. The molecular formula is C18H46N6O2+2. The van der Waals surface area contributed by atoms with E-state index in [1.807, 2.05) is 0 Å². The van der Waals surface area contributed by atoms with Gasteiger partial charge in [-0.25, -0.2) is 0 Å². The summed E-state index contributed by atoms with van der Waals surface area (Å²) in [6.07, 6.45) is -0.602. The van der Waals surface area contributed by atoms with E-state index in [0.717, 1.165) is 61.3 Å². The third-order valence-electron chi connectivity index (χ3n) is 3.71. The zero-order valence-corrected chi connectivity index (χ0v) is 18.0. The number of aliphatic hydroxyl groups excluding tert-OH is 2. The highest BCUT2D eigenvalue weighted by Gasteiger charge is 2.15. The number of rotatable bonds is 17. The molecule has 0 saturated carbocycles. The molecule has 2 unspecified atom stereocenters. The largest absolute Gasteiger partial charge is 0.386 e. The normalized spacial score (nSPS) is 15.2. The van der Waals surface area contributed by atoms with E-state index < -0.39 is 0 Å². The predicted octanol–water partition coefficient (Wildman–Crippen LogP) is -2.52. The van der Waals surface area contributed by atoms with Gasteiger partial charge >= 0.3 is 0 Å². The van der Waals surface area contributed by atoms with Crippen LogP contribution in [0.5, 0.6) is 0 Å². The minimum Gasteiger partial charge on any atom is -0.386 e. The first kappa shape index (κ1) is 25.7. The number of nitrogens with one attached hydrogen (secondary N) is 4. The molecule has 0 spiro atoms. The van der Waals surface area contributed by atoms with E-state index in [4.69, 9.17) is 0 Å². The van der Waals surface area contributed by atoms with Crippen LogP contribution in [0.3, 0.4) is 0 Å². The van der Waals surface area contributed by atoms with E-state index in [1.165, 1.54) is 0 Å². The maximum atomic E-state index is 9.89. The fraction of sp³-hybridized carbons (Fsp3) is 1.00. The lowest BCUT2D eigenvalue weighted by Gasteiger charge is -2.26. The number of aliphatic hydroxyl groups is 2. The maximum absolute atomic E-state index is 9.89. The Balaban J connectivity index is 3.30. The Hall–Kier alpha value is -0.320. The van der Waals surface area contributed by atoms with Gasteiger partial charge in [0.25, 0.3) is 0 Å². The molecule has 0 radical (unpaired) electrons. The van der Waals surface area contributed by atoms with Crippen LogP contribution in [0.15, 0.2) is 0 Å². The molecule has 0 fully saturated rings. The van der Waals surface area contributed by atoms with Crippen LogP contribution in [-0.2, 0) is 0 Å². The SMILES string of the molecule is C[N+](C)(C)CC(O)CNCCNCCNCCNCC(O)C[N+](C)(C)C. The van der Waals surface area contributed by atoms with E-state index >= 15 is 0 Å². The second-order valence-corrected chi connectivity index (χ2v) is 9.16. The quantitative estimate of drug-likeness (QED) is 0.124. The van der Waals surface area contributed by atoms with Gasteiger partial charge in [0, 0.05) is 52.4 Å². The fourth-order valence-corrected chi connectivity index (χ4v) is 2.71. The summed E-state index contributed by atoms with van der Waals surface area (Å²) in [5.74, 6) is 0. The molecule has 8 nitrogen and oxygen atoms in total. The number of likely N-dealkylation sites (N-methyl/N-ethyl adjacent to an activating group) is 2.